The van der Waals surface area contributed by atoms with Crippen molar-refractivity contribution in [3.05, 3.63) is 71.8 Å². The van der Waals surface area contributed by atoms with Crippen LogP contribution in [0.4, 0.5) is 4.79 Å². The maximum absolute atomic E-state index is 12.3. The monoisotopic (exact) mass is 672 g/mol. The quantitative estimate of drug-likeness (QED) is 0.142. The van der Waals surface area contributed by atoms with Gasteiger partial charge >= 0.3 is 6.16 Å². The second kappa shape index (κ2) is 13.6. The number of ether oxygens (including phenoxy) is 8. The molecule has 3 fully saturated rings. The van der Waals surface area contributed by atoms with Crippen molar-refractivity contribution in [2.75, 3.05) is 34.0 Å². The number of aromatic hydroxyl groups is 3. The van der Waals surface area contributed by atoms with Crippen molar-refractivity contribution in [3.8, 4) is 34.5 Å². The van der Waals surface area contributed by atoms with E-state index in [4.69, 9.17) is 37.9 Å². The van der Waals surface area contributed by atoms with E-state index in [2.05, 4.69) is 0 Å². The van der Waals surface area contributed by atoms with Crippen molar-refractivity contribution in [2.24, 2.45) is 5.92 Å². The van der Waals surface area contributed by atoms with E-state index in [9.17, 15) is 35.4 Å². The van der Waals surface area contributed by atoms with Crippen LogP contribution in [-0.2, 0) is 23.7 Å². The van der Waals surface area contributed by atoms with E-state index in [1.165, 1.54) is 50.6 Å². The van der Waals surface area contributed by atoms with E-state index in [0.29, 0.717) is 11.1 Å². The van der Waals surface area contributed by atoms with Crippen LogP contribution in [-0.4, -0.2) is 107 Å². The summed E-state index contributed by atoms with van der Waals surface area (Å²) < 4.78 is 45.9. The molecule has 0 unspecified atom stereocenters. The highest BCUT2D eigenvalue weighted by atomic mass is 16.8. The Hall–Kier alpha value is -4.35. The van der Waals surface area contributed by atoms with Crippen molar-refractivity contribution >= 4 is 6.16 Å². The number of fused-ring (bicyclic) bond motifs is 1. The summed E-state index contributed by atoms with van der Waals surface area (Å²) in [6, 6.07) is 14.7. The van der Waals surface area contributed by atoms with E-state index in [-0.39, 0.29) is 47.7 Å². The number of carbonyl (C=O) groups is 1. The standard InChI is InChI=1S/C33H36O15/c1-41-23-11-16(3-9-21(23)35)29-20-13-43-30(17-4-10-22(36)24(12-17)42-2)33(20,15-45-29)48-31-28(39)27(38)26(37)25(47-31)14-44-32(40)46-19-7-5-18(34)6-8-19/h3-12,20,25-31,34-39H,13-15H2,1-2H3/t20-,25-,26-,27+,28-,29-,30-,31+,33-/m1/s1. The Balaban J connectivity index is 1.27. The molecule has 15 nitrogen and oxygen atoms in total. The molecule has 6 rings (SSSR count). The van der Waals surface area contributed by atoms with E-state index < -0.39 is 67.2 Å². The highest BCUT2D eigenvalue weighted by Crippen LogP contribution is 2.57. The van der Waals surface area contributed by atoms with Crippen LogP contribution in [0.1, 0.15) is 23.3 Å². The number of hydrogen-bond acceptors (Lipinski definition) is 15. The number of carbonyl (C=O) groups excluding carboxylic acids is 1. The van der Waals surface area contributed by atoms with Crippen molar-refractivity contribution in [2.45, 2.75) is 48.5 Å². The maximum atomic E-state index is 12.3. The SMILES string of the molecule is COc1cc([C@H]2OC[C@]3(O[C@@H]4O[C@H](COC(=O)Oc5ccc(O)cc5)[C@@H](O)[C@H](O)[C@H]4O)[C@@H](c4ccc(O)c(OC)c4)OC[C@H]23)ccc1O. The molecule has 0 amide bonds. The van der Waals surface area contributed by atoms with Gasteiger partial charge in [-0.25, -0.2) is 4.79 Å². The van der Waals surface area contributed by atoms with Gasteiger partial charge in [0.05, 0.1) is 33.5 Å². The molecule has 48 heavy (non-hydrogen) atoms. The lowest BCUT2D eigenvalue weighted by atomic mass is 9.80. The molecule has 0 aromatic heterocycles. The van der Waals surface area contributed by atoms with Crippen LogP contribution in [0.5, 0.6) is 34.5 Å². The van der Waals surface area contributed by atoms with Crippen LogP contribution < -0.4 is 14.2 Å². The molecular weight excluding hydrogens is 636 g/mol. The third kappa shape index (κ3) is 6.28. The van der Waals surface area contributed by atoms with Gasteiger partial charge in [-0.1, -0.05) is 12.1 Å². The summed E-state index contributed by atoms with van der Waals surface area (Å²) >= 11 is 0. The van der Waals surface area contributed by atoms with Crippen LogP contribution in [0.2, 0.25) is 0 Å². The fourth-order valence-corrected chi connectivity index (χ4v) is 6.32. The Labute approximate surface area is 274 Å². The molecule has 3 aromatic rings. The van der Waals surface area contributed by atoms with Gasteiger partial charge < -0.3 is 68.5 Å². The number of hydrogen-bond donors (Lipinski definition) is 6. The van der Waals surface area contributed by atoms with Crippen LogP contribution in [0.3, 0.4) is 0 Å². The van der Waals surface area contributed by atoms with Gasteiger partial charge in [0.2, 0.25) is 0 Å². The van der Waals surface area contributed by atoms with Gasteiger partial charge in [-0.05, 0) is 59.7 Å². The number of rotatable bonds is 9. The number of aliphatic hydroxyl groups excluding tert-OH is 3. The lowest BCUT2D eigenvalue weighted by molar-refractivity contribution is -0.333. The van der Waals surface area contributed by atoms with Crippen molar-refractivity contribution < 1.29 is 73.3 Å². The number of benzene rings is 3. The van der Waals surface area contributed by atoms with E-state index in [1.54, 1.807) is 24.3 Å². The molecular formula is C33H36O15. The number of methoxy groups -OCH3 is 2. The molecule has 3 saturated heterocycles. The zero-order valence-electron chi connectivity index (χ0n) is 25.9. The minimum absolute atomic E-state index is 0.0315. The second-order valence-corrected chi connectivity index (χ2v) is 11.7. The molecule has 0 bridgehead atoms. The third-order valence-corrected chi connectivity index (χ3v) is 8.81. The van der Waals surface area contributed by atoms with Gasteiger partial charge in [-0.3, -0.25) is 0 Å². The average Bonchev–Trinajstić information content (AvgIpc) is 3.62. The highest BCUT2D eigenvalue weighted by molar-refractivity contribution is 5.63. The summed E-state index contributed by atoms with van der Waals surface area (Å²) in [5, 5.41) is 62.4. The van der Waals surface area contributed by atoms with Gasteiger partial charge in [0.15, 0.2) is 29.3 Å². The van der Waals surface area contributed by atoms with Crippen molar-refractivity contribution in [3.63, 3.8) is 0 Å². The summed E-state index contributed by atoms with van der Waals surface area (Å²) in [4.78, 5) is 12.3. The maximum Gasteiger partial charge on any atom is 0.513 e. The zero-order valence-corrected chi connectivity index (χ0v) is 25.9. The molecule has 0 radical (unpaired) electrons. The Bertz CT molecular complexity index is 1600. The first-order valence-electron chi connectivity index (χ1n) is 15.0. The first kappa shape index (κ1) is 33.5. The number of phenolic OH excluding ortho intramolecular Hbond substituents is 3. The van der Waals surface area contributed by atoms with E-state index in [1.807, 2.05) is 0 Å². The fraction of sp³-hybridized carbons (Fsp3) is 0.424. The highest BCUT2D eigenvalue weighted by Gasteiger charge is 2.63. The minimum atomic E-state index is -1.77. The summed E-state index contributed by atoms with van der Waals surface area (Å²) in [5.41, 5.74) is -0.191. The van der Waals surface area contributed by atoms with Gasteiger partial charge in [-0.15, -0.1) is 0 Å². The largest absolute Gasteiger partial charge is 0.513 e. The molecule has 6 N–H and O–H groups in total. The average molecular weight is 673 g/mol. The third-order valence-electron chi connectivity index (χ3n) is 8.81. The van der Waals surface area contributed by atoms with Crippen molar-refractivity contribution in [1.29, 1.82) is 0 Å². The van der Waals surface area contributed by atoms with Crippen LogP contribution in [0.15, 0.2) is 60.7 Å². The molecule has 3 aromatic carbocycles. The molecule has 0 aliphatic carbocycles. The Kier molecular flexibility index (Phi) is 9.53. The Morgan fingerprint density at radius 1 is 0.833 bits per heavy atom. The minimum Gasteiger partial charge on any atom is -0.508 e. The fourth-order valence-electron chi connectivity index (χ4n) is 6.32. The molecule has 9 atom stereocenters. The molecule has 15 heteroatoms. The summed E-state index contributed by atoms with van der Waals surface area (Å²) in [6.45, 7) is -0.574. The van der Waals surface area contributed by atoms with Crippen LogP contribution in [0.25, 0.3) is 0 Å². The van der Waals surface area contributed by atoms with Gasteiger partial charge in [-0.2, -0.15) is 0 Å². The van der Waals surface area contributed by atoms with Gasteiger partial charge in [0.1, 0.15) is 54.2 Å². The second-order valence-electron chi connectivity index (χ2n) is 11.7. The summed E-state index contributed by atoms with van der Waals surface area (Å²) in [5.74, 6) is -0.255. The van der Waals surface area contributed by atoms with Gasteiger partial charge in [0, 0.05) is 5.92 Å². The number of aliphatic hydroxyl groups is 3. The normalized spacial score (nSPS) is 31.2. The van der Waals surface area contributed by atoms with Gasteiger partial charge in [0.25, 0.3) is 0 Å². The summed E-state index contributed by atoms with van der Waals surface area (Å²) in [7, 11) is 2.82. The predicted molar refractivity (Wildman–Crippen MR) is 161 cm³/mol. The Morgan fingerprint density at radius 3 is 2.15 bits per heavy atom. The molecule has 3 aliphatic heterocycles. The topological polar surface area (TPSA) is 212 Å². The lowest BCUT2D eigenvalue weighted by Gasteiger charge is -2.44. The molecule has 0 saturated carbocycles. The molecule has 3 heterocycles. The van der Waals surface area contributed by atoms with Crippen molar-refractivity contribution in [1.82, 2.24) is 0 Å². The Morgan fingerprint density at radius 2 is 1.48 bits per heavy atom. The van der Waals surface area contributed by atoms with E-state index in [0.717, 1.165) is 0 Å². The van der Waals surface area contributed by atoms with Crippen LogP contribution >= 0.6 is 0 Å². The smallest absolute Gasteiger partial charge is 0.508 e. The zero-order chi connectivity index (χ0) is 34.2. The lowest BCUT2D eigenvalue weighted by Crippen LogP contribution is -2.62. The first-order chi connectivity index (χ1) is 23.0. The van der Waals surface area contributed by atoms with E-state index >= 15 is 0 Å². The predicted octanol–water partition coefficient (Wildman–Crippen LogP) is 2.06. The molecule has 258 valence electrons. The first-order valence-corrected chi connectivity index (χ1v) is 15.0. The van der Waals surface area contributed by atoms with Crippen LogP contribution in [0, 0.1) is 5.92 Å². The number of phenols is 3. The summed E-state index contributed by atoms with van der Waals surface area (Å²) in [6.07, 6.45) is -10.8. The molecule has 0 spiro atoms. The molecule has 3 aliphatic rings.